The van der Waals surface area contributed by atoms with Gasteiger partial charge < -0.3 is 9.64 Å². The van der Waals surface area contributed by atoms with Gasteiger partial charge in [-0.25, -0.2) is 0 Å². The number of hydrogen-bond acceptors (Lipinski definition) is 3. The third kappa shape index (κ3) is 2.74. The Morgan fingerprint density at radius 2 is 2.06 bits per heavy atom. The molecular formula is C12H22N2O2. The molecule has 2 rings (SSSR count). The number of carbonyl (C=O) groups is 1. The molecule has 2 heterocycles. The van der Waals surface area contributed by atoms with E-state index in [1.807, 2.05) is 11.8 Å². The summed E-state index contributed by atoms with van der Waals surface area (Å²) >= 11 is 0. The molecule has 1 amide bonds. The van der Waals surface area contributed by atoms with E-state index in [0.717, 1.165) is 19.5 Å². The van der Waals surface area contributed by atoms with Crippen LogP contribution in [-0.4, -0.2) is 61.1 Å². The number of carbonyl (C=O) groups excluding carboxylic acids is 1. The SMILES string of the molecule is CCOCC(=O)N1CCC(N2CCCC2)C1. The van der Waals surface area contributed by atoms with Crippen molar-refractivity contribution in [2.24, 2.45) is 0 Å². The van der Waals surface area contributed by atoms with Gasteiger partial charge in [0.2, 0.25) is 5.91 Å². The van der Waals surface area contributed by atoms with Crippen molar-refractivity contribution >= 4 is 5.91 Å². The Morgan fingerprint density at radius 3 is 2.75 bits per heavy atom. The third-order valence-corrected chi connectivity index (χ3v) is 3.60. The van der Waals surface area contributed by atoms with Crippen molar-refractivity contribution in [2.75, 3.05) is 39.4 Å². The van der Waals surface area contributed by atoms with Crippen LogP contribution < -0.4 is 0 Å². The largest absolute Gasteiger partial charge is 0.372 e. The van der Waals surface area contributed by atoms with Crippen LogP contribution in [0.15, 0.2) is 0 Å². The molecule has 2 fully saturated rings. The van der Waals surface area contributed by atoms with E-state index in [2.05, 4.69) is 4.90 Å². The lowest BCUT2D eigenvalue weighted by atomic mass is 10.2. The monoisotopic (exact) mass is 226 g/mol. The van der Waals surface area contributed by atoms with Gasteiger partial charge in [-0.15, -0.1) is 0 Å². The third-order valence-electron chi connectivity index (χ3n) is 3.60. The number of amides is 1. The van der Waals surface area contributed by atoms with Crippen LogP contribution in [-0.2, 0) is 9.53 Å². The van der Waals surface area contributed by atoms with E-state index < -0.39 is 0 Å². The maximum absolute atomic E-state index is 11.7. The van der Waals surface area contributed by atoms with E-state index in [9.17, 15) is 4.79 Å². The Kier molecular flexibility index (Phi) is 4.18. The molecular weight excluding hydrogens is 204 g/mol. The van der Waals surface area contributed by atoms with Crippen LogP contribution in [0.4, 0.5) is 0 Å². The van der Waals surface area contributed by atoms with Crippen molar-refractivity contribution < 1.29 is 9.53 Å². The van der Waals surface area contributed by atoms with Crippen LogP contribution in [0.2, 0.25) is 0 Å². The summed E-state index contributed by atoms with van der Waals surface area (Å²) in [6.07, 6.45) is 3.78. The van der Waals surface area contributed by atoms with Crippen LogP contribution in [0.5, 0.6) is 0 Å². The average molecular weight is 226 g/mol. The standard InChI is InChI=1S/C12H22N2O2/c1-2-16-10-12(15)14-8-5-11(9-14)13-6-3-4-7-13/h11H,2-10H2,1H3. The van der Waals surface area contributed by atoms with Crippen LogP contribution in [0.1, 0.15) is 26.2 Å². The summed E-state index contributed by atoms with van der Waals surface area (Å²) in [6.45, 7) is 7.05. The van der Waals surface area contributed by atoms with Crippen molar-refractivity contribution in [3.05, 3.63) is 0 Å². The zero-order valence-corrected chi connectivity index (χ0v) is 10.2. The second-order valence-corrected chi connectivity index (χ2v) is 4.66. The van der Waals surface area contributed by atoms with E-state index in [1.54, 1.807) is 0 Å². The van der Waals surface area contributed by atoms with Crippen LogP contribution >= 0.6 is 0 Å². The van der Waals surface area contributed by atoms with Crippen molar-refractivity contribution in [3.8, 4) is 0 Å². The van der Waals surface area contributed by atoms with Gasteiger partial charge in [-0.1, -0.05) is 0 Å². The molecule has 1 unspecified atom stereocenters. The molecule has 2 saturated heterocycles. The summed E-state index contributed by atoms with van der Waals surface area (Å²) in [4.78, 5) is 16.2. The highest BCUT2D eigenvalue weighted by Crippen LogP contribution is 2.20. The number of rotatable bonds is 4. The molecule has 0 aliphatic carbocycles. The first-order valence-electron chi connectivity index (χ1n) is 6.41. The molecule has 92 valence electrons. The molecule has 0 aromatic heterocycles. The highest BCUT2D eigenvalue weighted by molar-refractivity contribution is 5.77. The summed E-state index contributed by atoms with van der Waals surface area (Å²) in [5.74, 6) is 0.156. The molecule has 0 saturated carbocycles. The fourth-order valence-electron chi connectivity index (χ4n) is 2.65. The minimum absolute atomic E-state index is 0.156. The van der Waals surface area contributed by atoms with E-state index in [0.29, 0.717) is 12.6 Å². The van der Waals surface area contributed by atoms with Gasteiger partial charge in [-0.05, 0) is 39.3 Å². The Labute approximate surface area is 97.5 Å². The molecule has 2 aliphatic rings. The topological polar surface area (TPSA) is 32.8 Å². The maximum atomic E-state index is 11.7. The lowest BCUT2D eigenvalue weighted by Crippen LogP contribution is -2.38. The van der Waals surface area contributed by atoms with Gasteiger partial charge in [0.15, 0.2) is 0 Å². The zero-order valence-electron chi connectivity index (χ0n) is 10.2. The fourth-order valence-corrected chi connectivity index (χ4v) is 2.65. The minimum Gasteiger partial charge on any atom is -0.372 e. The number of nitrogens with zero attached hydrogens (tertiary/aromatic N) is 2. The molecule has 0 aromatic carbocycles. The molecule has 4 heteroatoms. The average Bonchev–Trinajstić information content (AvgIpc) is 2.94. The molecule has 16 heavy (non-hydrogen) atoms. The molecule has 0 radical (unpaired) electrons. The van der Waals surface area contributed by atoms with Gasteiger partial charge in [0.05, 0.1) is 0 Å². The molecule has 0 bridgehead atoms. The fraction of sp³-hybridized carbons (Fsp3) is 0.917. The van der Waals surface area contributed by atoms with Crippen molar-refractivity contribution in [1.29, 1.82) is 0 Å². The summed E-state index contributed by atoms with van der Waals surface area (Å²) in [5.41, 5.74) is 0. The molecule has 4 nitrogen and oxygen atoms in total. The van der Waals surface area contributed by atoms with E-state index in [1.165, 1.54) is 25.9 Å². The number of likely N-dealkylation sites (tertiary alicyclic amines) is 2. The second-order valence-electron chi connectivity index (χ2n) is 4.66. The molecule has 0 N–H and O–H groups in total. The first-order chi connectivity index (χ1) is 7.81. The number of hydrogen-bond donors (Lipinski definition) is 0. The maximum Gasteiger partial charge on any atom is 0.248 e. The predicted octanol–water partition coefficient (Wildman–Crippen LogP) is 0.720. The Morgan fingerprint density at radius 1 is 1.31 bits per heavy atom. The van der Waals surface area contributed by atoms with Crippen LogP contribution in [0.3, 0.4) is 0 Å². The summed E-state index contributed by atoms with van der Waals surface area (Å²) < 4.78 is 5.16. The summed E-state index contributed by atoms with van der Waals surface area (Å²) in [6, 6.07) is 0.605. The molecule has 1 atom stereocenters. The Bertz CT molecular complexity index is 239. The van der Waals surface area contributed by atoms with Gasteiger partial charge in [0.25, 0.3) is 0 Å². The number of ether oxygens (including phenoxy) is 1. The smallest absolute Gasteiger partial charge is 0.248 e. The van der Waals surface area contributed by atoms with Gasteiger partial charge in [-0.2, -0.15) is 0 Å². The predicted molar refractivity (Wildman–Crippen MR) is 62.3 cm³/mol. The quantitative estimate of drug-likeness (QED) is 0.708. The van der Waals surface area contributed by atoms with Crippen molar-refractivity contribution in [2.45, 2.75) is 32.2 Å². The molecule has 0 aromatic rings. The zero-order chi connectivity index (χ0) is 11.4. The van der Waals surface area contributed by atoms with E-state index in [-0.39, 0.29) is 12.5 Å². The first kappa shape index (κ1) is 11.9. The minimum atomic E-state index is 0.156. The van der Waals surface area contributed by atoms with Gasteiger partial charge in [-0.3, -0.25) is 9.69 Å². The summed E-state index contributed by atoms with van der Waals surface area (Å²) in [7, 11) is 0. The van der Waals surface area contributed by atoms with E-state index in [4.69, 9.17) is 4.74 Å². The highest BCUT2D eigenvalue weighted by Gasteiger charge is 2.31. The lowest BCUT2D eigenvalue weighted by Gasteiger charge is -2.23. The van der Waals surface area contributed by atoms with Crippen LogP contribution in [0.25, 0.3) is 0 Å². The second kappa shape index (κ2) is 5.64. The van der Waals surface area contributed by atoms with Gasteiger partial charge in [0.1, 0.15) is 6.61 Å². The first-order valence-corrected chi connectivity index (χ1v) is 6.41. The van der Waals surface area contributed by atoms with Crippen molar-refractivity contribution in [1.82, 2.24) is 9.80 Å². The van der Waals surface area contributed by atoms with Gasteiger partial charge in [0, 0.05) is 25.7 Å². The summed E-state index contributed by atoms with van der Waals surface area (Å²) in [5, 5.41) is 0. The van der Waals surface area contributed by atoms with Crippen molar-refractivity contribution in [3.63, 3.8) is 0 Å². The van der Waals surface area contributed by atoms with E-state index >= 15 is 0 Å². The molecule has 0 spiro atoms. The van der Waals surface area contributed by atoms with Gasteiger partial charge >= 0.3 is 0 Å². The molecule has 2 aliphatic heterocycles. The lowest BCUT2D eigenvalue weighted by molar-refractivity contribution is -0.135. The Hall–Kier alpha value is -0.610. The Balaban J connectivity index is 1.76. The normalized spacial score (nSPS) is 26.6. The van der Waals surface area contributed by atoms with Crippen LogP contribution in [0, 0.1) is 0 Å². The highest BCUT2D eigenvalue weighted by atomic mass is 16.5.